The van der Waals surface area contributed by atoms with Gasteiger partial charge in [-0.05, 0) is 44.2 Å². The number of aromatic nitrogens is 2. The molecule has 8 nitrogen and oxygen atoms in total. The van der Waals surface area contributed by atoms with Crippen LogP contribution in [0.3, 0.4) is 0 Å². The minimum atomic E-state index is -0.532. The molecule has 1 aromatic heterocycles. The van der Waals surface area contributed by atoms with Crippen molar-refractivity contribution in [2.75, 3.05) is 22.5 Å². The Balaban J connectivity index is 1.36. The lowest BCUT2D eigenvalue weighted by Gasteiger charge is -2.23. The molecule has 0 bridgehead atoms. The summed E-state index contributed by atoms with van der Waals surface area (Å²) in [5.41, 5.74) is 3.11. The lowest BCUT2D eigenvalue weighted by Crippen LogP contribution is -2.34. The quantitative estimate of drug-likeness (QED) is 0.617. The number of benzene rings is 2. The number of hydrogen-bond acceptors (Lipinski definition) is 6. The van der Waals surface area contributed by atoms with Crippen molar-refractivity contribution in [2.24, 2.45) is 0 Å². The van der Waals surface area contributed by atoms with Gasteiger partial charge >= 0.3 is 0 Å². The molecule has 1 atom stereocenters. The number of aryl methyl sites for hydroxylation is 1. The van der Waals surface area contributed by atoms with E-state index in [1.54, 1.807) is 25.1 Å². The molecule has 1 aliphatic rings. The molecule has 0 radical (unpaired) electrons. The predicted octanol–water partition coefficient (Wildman–Crippen LogP) is 3.10. The van der Waals surface area contributed by atoms with E-state index in [2.05, 4.69) is 25.9 Å². The summed E-state index contributed by atoms with van der Waals surface area (Å²) in [5.74, 6) is 0.929. The molecule has 8 heteroatoms. The third kappa shape index (κ3) is 4.11. The number of carbonyl (C=O) groups excluding carboxylic acids is 2. The third-order valence-electron chi connectivity index (χ3n) is 4.63. The number of amides is 2. The van der Waals surface area contributed by atoms with Gasteiger partial charge in [0.25, 0.3) is 5.91 Å². The molecule has 0 saturated heterocycles. The Hall–Kier alpha value is -3.68. The van der Waals surface area contributed by atoms with Crippen molar-refractivity contribution in [2.45, 2.75) is 26.4 Å². The molecule has 2 amide bonds. The van der Waals surface area contributed by atoms with Crippen LogP contribution < -0.4 is 20.7 Å². The highest BCUT2D eigenvalue weighted by Crippen LogP contribution is 2.32. The summed E-state index contributed by atoms with van der Waals surface area (Å²) in [6, 6.07) is 11.1. The Kier molecular flexibility index (Phi) is 4.99. The van der Waals surface area contributed by atoms with Gasteiger partial charge in [0.15, 0.2) is 6.10 Å². The van der Waals surface area contributed by atoms with Crippen molar-refractivity contribution in [3.63, 3.8) is 0 Å². The van der Waals surface area contributed by atoms with E-state index < -0.39 is 6.10 Å². The molecule has 0 spiro atoms. The maximum atomic E-state index is 12.3. The van der Waals surface area contributed by atoms with Crippen molar-refractivity contribution < 1.29 is 14.3 Å². The fourth-order valence-corrected chi connectivity index (χ4v) is 3.12. The molecule has 4 rings (SSSR count). The van der Waals surface area contributed by atoms with Gasteiger partial charge < -0.3 is 20.7 Å². The number of carbonyl (C=O) groups is 2. The SMILES string of the molecule is Cc1ccc2ncnc(NCCC(=O)Nc3ccc4c(c3)NC(=O)C(C)O4)c2c1. The molecule has 0 saturated carbocycles. The Labute approximate surface area is 167 Å². The van der Waals surface area contributed by atoms with Crippen LogP contribution in [0.1, 0.15) is 18.9 Å². The lowest BCUT2D eigenvalue weighted by molar-refractivity contribution is -0.122. The maximum Gasteiger partial charge on any atom is 0.265 e. The summed E-state index contributed by atoms with van der Waals surface area (Å²) in [6.45, 7) is 4.12. The van der Waals surface area contributed by atoms with E-state index in [1.165, 1.54) is 6.33 Å². The van der Waals surface area contributed by atoms with E-state index in [4.69, 9.17) is 4.74 Å². The predicted molar refractivity (Wildman–Crippen MR) is 111 cm³/mol. The topological polar surface area (TPSA) is 105 Å². The van der Waals surface area contributed by atoms with Gasteiger partial charge in [-0.15, -0.1) is 0 Å². The first-order valence-electron chi connectivity index (χ1n) is 9.36. The van der Waals surface area contributed by atoms with Crippen LogP contribution in [-0.2, 0) is 9.59 Å². The van der Waals surface area contributed by atoms with Crippen LogP contribution in [0.2, 0.25) is 0 Å². The zero-order valence-corrected chi connectivity index (χ0v) is 16.2. The molecule has 0 fully saturated rings. The van der Waals surface area contributed by atoms with Gasteiger partial charge in [0, 0.05) is 24.0 Å². The number of ether oxygens (including phenoxy) is 1. The third-order valence-corrected chi connectivity index (χ3v) is 4.63. The number of nitrogens with zero attached hydrogens (tertiary/aromatic N) is 2. The molecule has 1 unspecified atom stereocenters. The molecule has 1 aliphatic heterocycles. The highest BCUT2D eigenvalue weighted by Gasteiger charge is 2.23. The Morgan fingerprint density at radius 1 is 1.21 bits per heavy atom. The summed E-state index contributed by atoms with van der Waals surface area (Å²) in [5, 5.41) is 9.73. The second-order valence-corrected chi connectivity index (χ2v) is 6.93. The van der Waals surface area contributed by atoms with Crippen LogP contribution in [0.15, 0.2) is 42.7 Å². The summed E-state index contributed by atoms with van der Waals surface area (Å²) in [4.78, 5) is 32.6. The first-order valence-corrected chi connectivity index (χ1v) is 9.36. The number of nitrogens with one attached hydrogen (secondary N) is 3. The van der Waals surface area contributed by atoms with Gasteiger partial charge in [-0.25, -0.2) is 9.97 Å². The van der Waals surface area contributed by atoms with Crippen LogP contribution in [-0.4, -0.2) is 34.4 Å². The monoisotopic (exact) mass is 391 g/mol. The maximum absolute atomic E-state index is 12.3. The van der Waals surface area contributed by atoms with Crippen LogP contribution in [0, 0.1) is 6.92 Å². The Morgan fingerprint density at radius 2 is 2.07 bits per heavy atom. The van der Waals surface area contributed by atoms with Gasteiger partial charge in [0.2, 0.25) is 5.91 Å². The standard InChI is InChI=1S/C21H21N5O3/c1-12-3-5-16-15(9-12)20(24-11-23-16)22-8-7-19(27)25-14-4-6-18-17(10-14)26-21(28)13(2)29-18/h3-6,9-11,13H,7-8H2,1-2H3,(H,25,27)(H,26,28)(H,22,23,24). The zero-order valence-electron chi connectivity index (χ0n) is 16.2. The average Bonchev–Trinajstić information content (AvgIpc) is 2.69. The van der Waals surface area contributed by atoms with Gasteiger partial charge in [-0.3, -0.25) is 9.59 Å². The smallest absolute Gasteiger partial charge is 0.265 e. The number of fused-ring (bicyclic) bond motifs is 2. The van der Waals surface area contributed by atoms with Crippen LogP contribution in [0.5, 0.6) is 5.75 Å². The van der Waals surface area contributed by atoms with Crippen LogP contribution >= 0.6 is 0 Å². The summed E-state index contributed by atoms with van der Waals surface area (Å²) in [7, 11) is 0. The van der Waals surface area contributed by atoms with E-state index in [-0.39, 0.29) is 18.2 Å². The molecular formula is C21H21N5O3. The molecule has 3 aromatic rings. The molecule has 148 valence electrons. The van der Waals surface area contributed by atoms with E-state index in [0.717, 1.165) is 16.5 Å². The molecule has 3 N–H and O–H groups in total. The number of anilines is 3. The van der Waals surface area contributed by atoms with Crippen molar-refractivity contribution >= 4 is 39.9 Å². The van der Waals surface area contributed by atoms with Crippen LogP contribution in [0.4, 0.5) is 17.2 Å². The minimum absolute atomic E-state index is 0.150. The number of rotatable bonds is 5. The van der Waals surface area contributed by atoms with E-state index in [0.29, 0.717) is 29.5 Å². The summed E-state index contributed by atoms with van der Waals surface area (Å²) in [6.07, 6.45) is 1.23. The summed E-state index contributed by atoms with van der Waals surface area (Å²) < 4.78 is 5.51. The first-order chi connectivity index (χ1) is 14.0. The lowest BCUT2D eigenvalue weighted by atomic mass is 10.1. The fourth-order valence-electron chi connectivity index (χ4n) is 3.12. The van der Waals surface area contributed by atoms with Gasteiger partial charge in [0.1, 0.15) is 17.9 Å². The summed E-state index contributed by atoms with van der Waals surface area (Å²) >= 11 is 0. The molecule has 0 aliphatic carbocycles. The molecule has 2 heterocycles. The fraction of sp³-hybridized carbons (Fsp3) is 0.238. The number of hydrogen-bond donors (Lipinski definition) is 3. The molecule has 29 heavy (non-hydrogen) atoms. The van der Waals surface area contributed by atoms with Gasteiger partial charge in [0.05, 0.1) is 11.2 Å². The highest BCUT2D eigenvalue weighted by molar-refractivity contribution is 5.99. The van der Waals surface area contributed by atoms with Gasteiger partial charge in [-0.1, -0.05) is 11.6 Å². The Bertz CT molecular complexity index is 1100. The van der Waals surface area contributed by atoms with Crippen molar-refractivity contribution in [1.82, 2.24) is 9.97 Å². The second-order valence-electron chi connectivity index (χ2n) is 6.93. The zero-order chi connectivity index (χ0) is 20.4. The van der Waals surface area contributed by atoms with Crippen LogP contribution in [0.25, 0.3) is 10.9 Å². The largest absolute Gasteiger partial charge is 0.479 e. The Morgan fingerprint density at radius 3 is 2.93 bits per heavy atom. The van der Waals surface area contributed by atoms with E-state index in [9.17, 15) is 9.59 Å². The normalized spacial score (nSPS) is 15.2. The first kappa shape index (κ1) is 18.7. The molecule has 2 aromatic carbocycles. The van der Waals surface area contributed by atoms with Crippen molar-refractivity contribution in [3.05, 3.63) is 48.3 Å². The average molecular weight is 391 g/mol. The highest BCUT2D eigenvalue weighted by atomic mass is 16.5. The van der Waals surface area contributed by atoms with Crippen molar-refractivity contribution in [1.29, 1.82) is 0 Å². The second kappa shape index (κ2) is 7.75. The van der Waals surface area contributed by atoms with Gasteiger partial charge in [-0.2, -0.15) is 0 Å². The van der Waals surface area contributed by atoms with E-state index in [1.807, 2.05) is 25.1 Å². The molecular weight excluding hydrogens is 370 g/mol. The minimum Gasteiger partial charge on any atom is -0.479 e. The van der Waals surface area contributed by atoms with Crippen molar-refractivity contribution in [3.8, 4) is 5.75 Å². The van der Waals surface area contributed by atoms with E-state index >= 15 is 0 Å².